The molecule has 0 heterocycles. The van der Waals surface area contributed by atoms with Crippen LogP contribution in [0.4, 0.5) is 5.69 Å². The molecular weight excluding hydrogens is 346 g/mol. The van der Waals surface area contributed by atoms with Gasteiger partial charge in [-0.05, 0) is 24.6 Å². The van der Waals surface area contributed by atoms with Crippen molar-refractivity contribution in [3.8, 4) is 5.75 Å². The van der Waals surface area contributed by atoms with E-state index in [2.05, 4.69) is 10.5 Å². The molecule has 0 fully saturated rings. The highest BCUT2D eigenvalue weighted by Gasteiger charge is 2.07. The average Bonchev–Trinajstić information content (AvgIpc) is 2.69. The van der Waals surface area contributed by atoms with Gasteiger partial charge in [0, 0.05) is 6.07 Å². The van der Waals surface area contributed by atoms with E-state index < -0.39 is 10.8 Å². The summed E-state index contributed by atoms with van der Waals surface area (Å²) >= 11 is 0. The Labute approximate surface area is 156 Å². The maximum Gasteiger partial charge on any atom is 0.277 e. The lowest BCUT2D eigenvalue weighted by Crippen LogP contribution is -2.25. The van der Waals surface area contributed by atoms with Gasteiger partial charge in [-0.25, -0.2) is 5.43 Å². The third kappa shape index (κ3) is 7.35. The molecule has 2 rings (SSSR count). The number of non-ortho nitro benzene ring substituents is 1. The second-order valence-electron chi connectivity index (χ2n) is 5.46. The number of hydrogen-bond acceptors (Lipinski definition) is 5. The standard InChI is InChI=1S/C20H19N3O4/c1-16(8-5-6-11-17-9-3-2-4-10-17)21-22-20(24)15-27-19-13-7-12-18(14-19)23(25)26/h2-14H,15H2,1H3,(H,22,24)/b8-5+,11-6+,21-16+. The Hall–Kier alpha value is -3.74. The number of carbonyl (C=O) groups excluding carboxylic acids is 1. The summed E-state index contributed by atoms with van der Waals surface area (Å²) in [5, 5.41) is 14.6. The van der Waals surface area contributed by atoms with Gasteiger partial charge in [0.05, 0.1) is 16.7 Å². The molecule has 2 aromatic carbocycles. The van der Waals surface area contributed by atoms with Crippen LogP contribution in [-0.4, -0.2) is 23.1 Å². The number of benzene rings is 2. The molecule has 0 radical (unpaired) electrons. The number of hydrazone groups is 1. The summed E-state index contributed by atoms with van der Waals surface area (Å²) in [5.74, 6) is -0.222. The molecule has 0 atom stereocenters. The second-order valence-corrected chi connectivity index (χ2v) is 5.46. The molecule has 0 saturated carbocycles. The first-order chi connectivity index (χ1) is 13.0. The molecule has 0 aliphatic rings. The number of nitro benzene ring substituents is 1. The van der Waals surface area contributed by atoms with Crippen LogP contribution in [0.2, 0.25) is 0 Å². The van der Waals surface area contributed by atoms with Gasteiger partial charge in [0.1, 0.15) is 5.75 Å². The lowest BCUT2D eigenvalue weighted by atomic mass is 10.2. The Morgan fingerprint density at radius 1 is 1.19 bits per heavy atom. The number of nitrogens with one attached hydrogen (secondary N) is 1. The van der Waals surface area contributed by atoms with E-state index in [1.54, 1.807) is 13.0 Å². The molecule has 0 aliphatic carbocycles. The summed E-state index contributed by atoms with van der Waals surface area (Å²) in [5.41, 5.74) is 3.96. The molecule has 27 heavy (non-hydrogen) atoms. The Balaban J connectivity index is 1.78. The van der Waals surface area contributed by atoms with Gasteiger partial charge in [-0.1, -0.05) is 54.6 Å². The van der Waals surface area contributed by atoms with E-state index in [4.69, 9.17) is 4.74 Å². The first kappa shape index (κ1) is 19.6. The third-order valence-corrected chi connectivity index (χ3v) is 3.29. The van der Waals surface area contributed by atoms with Crippen LogP contribution in [0.1, 0.15) is 12.5 Å². The Morgan fingerprint density at radius 3 is 2.70 bits per heavy atom. The van der Waals surface area contributed by atoms with Crippen molar-refractivity contribution in [2.24, 2.45) is 5.10 Å². The van der Waals surface area contributed by atoms with Crippen molar-refractivity contribution in [2.45, 2.75) is 6.92 Å². The molecule has 7 nitrogen and oxygen atoms in total. The summed E-state index contributed by atoms with van der Waals surface area (Å²) in [4.78, 5) is 21.9. The van der Waals surface area contributed by atoms with Gasteiger partial charge < -0.3 is 4.74 Å². The van der Waals surface area contributed by atoms with Gasteiger partial charge in [0.2, 0.25) is 0 Å². The van der Waals surface area contributed by atoms with E-state index in [1.165, 1.54) is 24.3 Å². The minimum Gasteiger partial charge on any atom is -0.483 e. The van der Waals surface area contributed by atoms with Crippen LogP contribution in [0, 0.1) is 10.1 Å². The lowest BCUT2D eigenvalue weighted by molar-refractivity contribution is -0.384. The van der Waals surface area contributed by atoms with E-state index in [0.717, 1.165) is 5.56 Å². The number of amides is 1. The molecular formula is C20H19N3O4. The molecule has 1 N–H and O–H groups in total. The minimum atomic E-state index is -0.529. The maximum absolute atomic E-state index is 11.7. The zero-order valence-electron chi connectivity index (χ0n) is 14.7. The average molecular weight is 365 g/mol. The van der Waals surface area contributed by atoms with E-state index in [-0.39, 0.29) is 18.0 Å². The van der Waals surface area contributed by atoms with Gasteiger partial charge in [-0.3, -0.25) is 14.9 Å². The molecule has 0 spiro atoms. The summed E-state index contributed by atoms with van der Waals surface area (Å²) in [6.07, 6.45) is 7.40. The van der Waals surface area contributed by atoms with Crippen LogP contribution in [0.3, 0.4) is 0 Å². The third-order valence-electron chi connectivity index (χ3n) is 3.29. The highest BCUT2D eigenvalue weighted by atomic mass is 16.6. The number of ether oxygens (including phenoxy) is 1. The van der Waals surface area contributed by atoms with Crippen LogP contribution in [0.15, 0.2) is 77.9 Å². The van der Waals surface area contributed by atoms with Gasteiger partial charge >= 0.3 is 0 Å². The maximum atomic E-state index is 11.7. The fourth-order valence-corrected chi connectivity index (χ4v) is 1.98. The number of nitrogens with zero attached hydrogens (tertiary/aromatic N) is 2. The fourth-order valence-electron chi connectivity index (χ4n) is 1.98. The highest BCUT2D eigenvalue weighted by Crippen LogP contribution is 2.18. The molecule has 138 valence electrons. The number of carbonyl (C=O) groups is 1. The van der Waals surface area contributed by atoms with Crippen LogP contribution < -0.4 is 10.2 Å². The van der Waals surface area contributed by atoms with Crippen molar-refractivity contribution in [1.82, 2.24) is 5.43 Å². The Bertz CT molecular complexity index is 874. The largest absolute Gasteiger partial charge is 0.483 e. The van der Waals surface area contributed by atoms with Crippen molar-refractivity contribution in [3.05, 3.63) is 88.5 Å². The van der Waals surface area contributed by atoms with Gasteiger partial charge in [-0.15, -0.1) is 0 Å². The monoisotopic (exact) mass is 365 g/mol. The minimum absolute atomic E-state index is 0.101. The predicted octanol–water partition coefficient (Wildman–Crippen LogP) is 3.74. The topological polar surface area (TPSA) is 93.8 Å². The molecule has 0 unspecified atom stereocenters. The fraction of sp³-hybridized carbons (Fsp3) is 0.100. The SMILES string of the molecule is CC(/C=C/C=C/c1ccccc1)=N\NC(=O)COc1cccc([N+](=O)[O-])c1. The van der Waals surface area contributed by atoms with Gasteiger partial charge in [-0.2, -0.15) is 5.10 Å². The van der Waals surface area contributed by atoms with Crippen LogP contribution in [0.25, 0.3) is 6.08 Å². The lowest BCUT2D eigenvalue weighted by Gasteiger charge is -2.04. The highest BCUT2D eigenvalue weighted by molar-refractivity contribution is 5.94. The second kappa shape index (κ2) is 10.3. The van der Waals surface area contributed by atoms with E-state index in [9.17, 15) is 14.9 Å². The van der Waals surface area contributed by atoms with E-state index >= 15 is 0 Å². The first-order valence-corrected chi connectivity index (χ1v) is 8.15. The molecule has 7 heteroatoms. The normalized spacial score (nSPS) is 11.7. The Kier molecular flexibility index (Phi) is 7.47. The molecule has 0 bridgehead atoms. The van der Waals surface area contributed by atoms with Crippen molar-refractivity contribution >= 4 is 23.4 Å². The quantitative estimate of drug-likeness (QED) is 0.334. The predicted molar refractivity (Wildman–Crippen MR) is 104 cm³/mol. The summed E-state index contributed by atoms with van der Waals surface area (Å²) < 4.78 is 5.22. The number of hydrogen-bond donors (Lipinski definition) is 1. The molecule has 0 aromatic heterocycles. The van der Waals surface area contributed by atoms with E-state index in [1.807, 2.05) is 48.6 Å². The van der Waals surface area contributed by atoms with E-state index in [0.29, 0.717) is 5.71 Å². The molecule has 2 aromatic rings. The number of allylic oxidation sites excluding steroid dienone is 3. The van der Waals surface area contributed by atoms with Gasteiger partial charge in [0.25, 0.3) is 11.6 Å². The Morgan fingerprint density at radius 2 is 1.96 bits per heavy atom. The number of nitro groups is 1. The van der Waals surface area contributed by atoms with Crippen molar-refractivity contribution in [2.75, 3.05) is 6.61 Å². The van der Waals surface area contributed by atoms with Crippen LogP contribution in [-0.2, 0) is 4.79 Å². The summed E-state index contributed by atoms with van der Waals surface area (Å²) in [6, 6.07) is 15.5. The van der Waals surface area contributed by atoms with Gasteiger partial charge in [0.15, 0.2) is 6.61 Å². The molecule has 0 saturated heterocycles. The number of rotatable bonds is 8. The molecule has 1 amide bonds. The van der Waals surface area contributed by atoms with Crippen LogP contribution >= 0.6 is 0 Å². The smallest absolute Gasteiger partial charge is 0.277 e. The van der Waals surface area contributed by atoms with Crippen LogP contribution in [0.5, 0.6) is 5.75 Å². The summed E-state index contributed by atoms with van der Waals surface area (Å²) in [7, 11) is 0. The van der Waals surface area contributed by atoms with Crippen molar-refractivity contribution in [3.63, 3.8) is 0 Å². The summed E-state index contributed by atoms with van der Waals surface area (Å²) in [6.45, 7) is 1.45. The zero-order chi connectivity index (χ0) is 19.5. The van der Waals surface area contributed by atoms with Crippen molar-refractivity contribution < 1.29 is 14.5 Å². The van der Waals surface area contributed by atoms with Crippen molar-refractivity contribution in [1.29, 1.82) is 0 Å². The molecule has 0 aliphatic heterocycles. The zero-order valence-corrected chi connectivity index (χ0v) is 14.7. The first-order valence-electron chi connectivity index (χ1n) is 8.15.